The first-order chi connectivity index (χ1) is 10.2. The molecule has 116 valence electrons. The van der Waals surface area contributed by atoms with Gasteiger partial charge in [-0.3, -0.25) is 0 Å². The molecule has 1 aromatic heterocycles. The number of hydrogen-bond donors (Lipinski definition) is 2. The zero-order chi connectivity index (χ0) is 15.5. The van der Waals surface area contributed by atoms with E-state index >= 15 is 0 Å². The molecule has 0 spiro atoms. The first kappa shape index (κ1) is 16.9. The quantitative estimate of drug-likeness (QED) is 0.408. The Morgan fingerprint density at radius 1 is 1.38 bits per heavy atom. The van der Waals surface area contributed by atoms with Crippen LogP contribution in [0.4, 0.5) is 0 Å². The number of ether oxygens (including phenoxy) is 1. The maximum absolute atomic E-state index is 5.41. The molecule has 1 aromatic rings. The Hall–Kier alpha value is -2.15. The second-order valence-corrected chi connectivity index (χ2v) is 4.15. The molecule has 0 aliphatic heterocycles. The van der Waals surface area contributed by atoms with Crippen LogP contribution in [-0.2, 0) is 11.3 Å². The van der Waals surface area contributed by atoms with Gasteiger partial charge >= 0.3 is 0 Å². The summed E-state index contributed by atoms with van der Waals surface area (Å²) in [7, 11) is 0. The van der Waals surface area contributed by atoms with E-state index in [-0.39, 0.29) is 12.6 Å². The molecule has 21 heavy (non-hydrogen) atoms. The maximum Gasteiger partial charge on any atom is 0.248 e. The van der Waals surface area contributed by atoms with Gasteiger partial charge in [-0.25, -0.2) is 4.99 Å². The number of aromatic nitrogens is 2. The molecule has 1 heterocycles. The molecule has 0 aliphatic rings. The van der Waals surface area contributed by atoms with E-state index < -0.39 is 0 Å². The van der Waals surface area contributed by atoms with Crippen LogP contribution in [0.15, 0.2) is 34.8 Å². The van der Waals surface area contributed by atoms with Gasteiger partial charge in [0.25, 0.3) is 0 Å². The number of nitrogens with one attached hydrogen (secondary N) is 2. The molecule has 7 heteroatoms. The van der Waals surface area contributed by atoms with Crippen molar-refractivity contribution in [3.8, 4) is 0 Å². The summed E-state index contributed by atoms with van der Waals surface area (Å²) in [5, 5.41) is 10.0. The molecule has 1 unspecified atom stereocenters. The largest absolute Gasteiger partial charge is 0.371 e. The highest BCUT2D eigenvalue weighted by molar-refractivity contribution is 5.79. The number of hydrogen-bond acceptors (Lipinski definition) is 5. The summed E-state index contributed by atoms with van der Waals surface area (Å²) in [6.07, 6.45) is 3.31. The van der Waals surface area contributed by atoms with Crippen molar-refractivity contribution in [1.82, 2.24) is 20.8 Å². The maximum atomic E-state index is 5.41. The van der Waals surface area contributed by atoms with Crippen LogP contribution in [0, 0.1) is 0 Å². The molecular formula is C14H23N5O2. The third-order valence-electron chi connectivity index (χ3n) is 2.46. The van der Waals surface area contributed by atoms with Gasteiger partial charge in [-0.1, -0.05) is 17.3 Å². The van der Waals surface area contributed by atoms with Gasteiger partial charge < -0.3 is 19.9 Å². The minimum Gasteiger partial charge on any atom is -0.371 e. The highest BCUT2D eigenvalue weighted by Gasteiger charge is 2.13. The third-order valence-corrected chi connectivity index (χ3v) is 2.46. The Balaban J connectivity index is 2.61. The average molecular weight is 293 g/mol. The first-order valence-corrected chi connectivity index (χ1v) is 6.89. The van der Waals surface area contributed by atoms with E-state index in [9.17, 15) is 0 Å². The molecule has 0 aromatic carbocycles. The highest BCUT2D eigenvalue weighted by Crippen LogP contribution is 2.12. The monoisotopic (exact) mass is 293 g/mol. The number of aliphatic imine (C=N–C) groups is 1. The molecule has 2 N–H and O–H groups in total. The van der Waals surface area contributed by atoms with Gasteiger partial charge in [0.1, 0.15) is 12.6 Å². The minimum absolute atomic E-state index is 0.186. The van der Waals surface area contributed by atoms with Crippen molar-refractivity contribution in [2.75, 3.05) is 19.7 Å². The van der Waals surface area contributed by atoms with Gasteiger partial charge in [0, 0.05) is 19.7 Å². The van der Waals surface area contributed by atoms with Crippen molar-refractivity contribution in [2.45, 2.75) is 26.5 Å². The van der Waals surface area contributed by atoms with Crippen LogP contribution in [0.3, 0.4) is 0 Å². The summed E-state index contributed by atoms with van der Waals surface area (Å²) in [6.45, 7) is 13.2. The van der Waals surface area contributed by atoms with E-state index in [1.807, 2.05) is 13.8 Å². The van der Waals surface area contributed by atoms with Crippen molar-refractivity contribution < 1.29 is 9.26 Å². The second kappa shape index (κ2) is 9.71. The van der Waals surface area contributed by atoms with Crippen LogP contribution in [-0.4, -0.2) is 35.8 Å². The SMILES string of the molecule is C=CCNC(=NCc1nc(C(C)OCC)no1)NCC=C. The fourth-order valence-corrected chi connectivity index (χ4v) is 1.48. The Morgan fingerprint density at radius 3 is 2.62 bits per heavy atom. The normalized spacial score (nSPS) is 11.5. The summed E-state index contributed by atoms with van der Waals surface area (Å²) >= 11 is 0. The molecule has 0 saturated carbocycles. The van der Waals surface area contributed by atoms with Crippen molar-refractivity contribution in [3.63, 3.8) is 0 Å². The summed E-state index contributed by atoms with van der Waals surface area (Å²) in [4.78, 5) is 8.61. The number of nitrogens with zero attached hydrogens (tertiary/aromatic N) is 3. The van der Waals surface area contributed by atoms with Crippen molar-refractivity contribution in [1.29, 1.82) is 0 Å². The smallest absolute Gasteiger partial charge is 0.248 e. The van der Waals surface area contributed by atoms with E-state index in [1.54, 1.807) is 12.2 Å². The van der Waals surface area contributed by atoms with Gasteiger partial charge in [0.15, 0.2) is 11.8 Å². The Labute approximate surface area is 125 Å². The van der Waals surface area contributed by atoms with Gasteiger partial charge in [-0.05, 0) is 13.8 Å². The van der Waals surface area contributed by atoms with Crippen LogP contribution in [0.2, 0.25) is 0 Å². The van der Waals surface area contributed by atoms with Crippen LogP contribution in [0.1, 0.15) is 31.7 Å². The summed E-state index contributed by atoms with van der Waals surface area (Å²) in [6, 6.07) is 0. The summed E-state index contributed by atoms with van der Waals surface area (Å²) < 4.78 is 10.6. The van der Waals surface area contributed by atoms with Gasteiger partial charge in [0.05, 0.1) is 0 Å². The number of rotatable bonds is 9. The van der Waals surface area contributed by atoms with Gasteiger partial charge in [0.2, 0.25) is 5.89 Å². The van der Waals surface area contributed by atoms with E-state index in [0.29, 0.717) is 37.4 Å². The molecule has 1 atom stereocenters. The van der Waals surface area contributed by atoms with E-state index in [0.717, 1.165) is 0 Å². The zero-order valence-electron chi connectivity index (χ0n) is 12.6. The van der Waals surface area contributed by atoms with E-state index in [1.165, 1.54) is 0 Å². The van der Waals surface area contributed by atoms with Gasteiger partial charge in [-0.2, -0.15) is 4.98 Å². The molecule has 0 bridgehead atoms. The summed E-state index contributed by atoms with van der Waals surface area (Å²) in [5.41, 5.74) is 0. The topological polar surface area (TPSA) is 84.6 Å². The Kier molecular flexibility index (Phi) is 7.81. The van der Waals surface area contributed by atoms with Crippen LogP contribution < -0.4 is 10.6 Å². The first-order valence-electron chi connectivity index (χ1n) is 6.89. The minimum atomic E-state index is -0.186. The van der Waals surface area contributed by atoms with Crippen LogP contribution in [0.5, 0.6) is 0 Å². The van der Waals surface area contributed by atoms with Crippen LogP contribution >= 0.6 is 0 Å². The number of guanidine groups is 1. The molecule has 1 rings (SSSR count). The van der Waals surface area contributed by atoms with Gasteiger partial charge in [-0.15, -0.1) is 13.2 Å². The lowest BCUT2D eigenvalue weighted by molar-refractivity contribution is 0.0683. The average Bonchev–Trinajstić information content (AvgIpc) is 2.96. The fraction of sp³-hybridized carbons (Fsp3) is 0.500. The second-order valence-electron chi connectivity index (χ2n) is 4.15. The molecule has 0 radical (unpaired) electrons. The van der Waals surface area contributed by atoms with Crippen LogP contribution in [0.25, 0.3) is 0 Å². The third kappa shape index (κ3) is 6.22. The molecule has 0 aliphatic carbocycles. The molecule has 0 fully saturated rings. The fourth-order valence-electron chi connectivity index (χ4n) is 1.48. The van der Waals surface area contributed by atoms with Crippen molar-refractivity contribution in [3.05, 3.63) is 37.0 Å². The standard InChI is InChI=1S/C14H23N5O2/c1-5-8-15-14(16-9-6-2)17-10-12-18-13(19-21-12)11(4)20-7-3/h5-6,11H,1-2,7-10H2,3-4H3,(H2,15,16,17). The van der Waals surface area contributed by atoms with Crippen molar-refractivity contribution in [2.24, 2.45) is 4.99 Å². The summed E-state index contributed by atoms with van der Waals surface area (Å²) in [5.74, 6) is 1.60. The lowest BCUT2D eigenvalue weighted by Crippen LogP contribution is -2.37. The lowest BCUT2D eigenvalue weighted by atomic mass is 10.4. The molecular weight excluding hydrogens is 270 g/mol. The van der Waals surface area contributed by atoms with E-state index in [4.69, 9.17) is 9.26 Å². The Bertz CT molecular complexity index is 456. The zero-order valence-corrected chi connectivity index (χ0v) is 12.6. The molecule has 0 saturated heterocycles. The molecule has 0 amide bonds. The molecule has 7 nitrogen and oxygen atoms in total. The van der Waals surface area contributed by atoms with E-state index in [2.05, 4.69) is 38.9 Å². The predicted molar refractivity (Wildman–Crippen MR) is 81.9 cm³/mol. The lowest BCUT2D eigenvalue weighted by Gasteiger charge is -2.08. The van der Waals surface area contributed by atoms with Crippen molar-refractivity contribution >= 4 is 5.96 Å². The Morgan fingerprint density at radius 2 is 2.05 bits per heavy atom. The highest BCUT2D eigenvalue weighted by atomic mass is 16.5. The predicted octanol–water partition coefficient (Wildman–Crippen LogP) is 1.57.